The van der Waals surface area contributed by atoms with Gasteiger partial charge in [0.2, 0.25) is 0 Å². The third-order valence-electron chi connectivity index (χ3n) is 3.09. The fraction of sp³-hybridized carbons (Fsp3) is 0.111. The number of hydrogen-bond donors (Lipinski definition) is 2. The highest BCUT2D eigenvalue weighted by Gasteiger charge is 2.08. The summed E-state index contributed by atoms with van der Waals surface area (Å²) in [5, 5.41) is 7.85. The minimum absolute atomic E-state index is 0.0191. The molecule has 0 aliphatic heterocycles. The lowest BCUT2D eigenvalue weighted by Gasteiger charge is -1.97. The molecule has 0 aromatic carbocycles. The number of fused-ring (bicyclic) bond motifs is 1. The summed E-state index contributed by atoms with van der Waals surface area (Å²) in [5.74, 6) is 0.224. The molecule has 28 heavy (non-hydrogen) atoms. The highest BCUT2D eigenvalue weighted by molar-refractivity contribution is 9.11. The van der Waals surface area contributed by atoms with Gasteiger partial charge >= 0.3 is 0 Å². The highest BCUT2D eigenvalue weighted by Crippen LogP contribution is 2.17. The first-order valence-electron chi connectivity index (χ1n) is 7.68. The summed E-state index contributed by atoms with van der Waals surface area (Å²) in [7, 11) is 0. The Labute approximate surface area is 183 Å². The summed E-state index contributed by atoms with van der Waals surface area (Å²) < 4.78 is 3.51. The van der Waals surface area contributed by atoms with Crippen molar-refractivity contribution in [1.29, 1.82) is 0 Å². The topological polar surface area (TPSA) is 111 Å². The Bertz CT molecular complexity index is 984. The molecule has 3 rings (SSSR count). The smallest absolute Gasteiger partial charge is 0.178 e. The van der Waals surface area contributed by atoms with Crippen LogP contribution in [0.4, 0.5) is 5.82 Å². The number of halogens is 3. The maximum absolute atomic E-state index is 11.2. The molecule has 0 bridgehead atoms. The third-order valence-corrected chi connectivity index (χ3v) is 4.74. The molecule has 0 radical (unpaired) electrons. The Kier molecular flexibility index (Phi) is 9.84. The van der Waals surface area contributed by atoms with Gasteiger partial charge in [-0.15, -0.1) is 0 Å². The van der Waals surface area contributed by atoms with E-state index in [0.29, 0.717) is 17.8 Å². The molecule has 0 fully saturated rings. The molecule has 0 amide bonds. The number of nitrogens with zero attached hydrogens (tertiary/aromatic N) is 3. The van der Waals surface area contributed by atoms with E-state index in [9.17, 15) is 9.59 Å². The first-order valence-corrected chi connectivity index (χ1v) is 9.64. The lowest BCUT2D eigenvalue weighted by atomic mass is 10.3. The summed E-state index contributed by atoms with van der Waals surface area (Å²) in [6.07, 6.45) is 5.64. The van der Waals surface area contributed by atoms with Crippen LogP contribution in [0.25, 0.3) is 5.65 Å². The van der Waals surface area contributed by atoms with Crippen molar-refractivity contribution in [3.63, 3.8) is 0 Å². The lowest BCUT2D eigenvalue weighted by Crippen LogP contribution is -1.97. The third kappa shape index (κ3) is 7.06. The maximum Gasteiger partial charge on any atom is 0.178 e. The summed E-state index contributed by atoms with van der Waals surface area (Å²) in [6.45, 7) is 2.80. The number of ketones is 2. The van der Waals surface area contributed by atoms with Crippen molar-refractivity contribution in [2.75, 3.05) is 5.73 Å². The summed E-state index contributed by atoms with van der Waals surface area (Å²) in [4.78, 5) is 29.1. The molecule has 3 aromatic heterocycles. The number of allylic oxidation sites excluding steroid dienone is 1. The predicted octanol–water partition coefficient (Wildman–Crippen LogP) is 4.94. The van der Waals surface area contributed by atoms with Crippen molar-refractivity contribution in [3.8, 4) is 0 Å². The van der Waals surface area contributed by atoms with E-state index in [2.05, 4.69) is 41.8 Å². The van der Waals surface area contributed by atoms with Crippen molar-refractivity contribution in [2.45, 2.75) is 13.8 Å². The van der Waals surface area contributed by atoms with Crippen LogP contribution in [0, 0.1) is 0 Å². The zero-order valence-electron chi connectivity index (χ0n) is 14.9. The van der Waals surface area contributed by atoms with Gasteiger partial charge < -0.3 is 10.8 Å². The number of Topliss-reactive ketones (excluding diaryl/α,β-unsaturated/α-hetero) is 2. The van der Waals surface area contributed by atoms with Crippen LogP contribution in [0.15, 0.2) is 63.1 Å². The minimum atomic E-state index is -0.329. The van der Waals surface area contributed by atoms with Crippen LogP contribution in [-0.4, -0.2) is 31.0 Å². The SMILES string of the molecule is CC(=O)/C(Cl)=C\O.CC(=O)c1cnc2c(Br)cccn12.Nc1ncccc1Br. The maximum atomic E-state index is 11.2. The first-order chi connectivity index (χ1) is 13.2. The molecule has 3 N–H and O–H groups in total. The Hall–Kier alpha value is -2.23. The average molecular weight is 533 g/mol. The Morgan fingerprint density at radius 2 is 1.82 bits per heavy atom. The molecule has 10 heteroatoms. The van der Waals surface area contributed by atoms with Crippen molar-refractivity contribution in [1.82, 2.24) is 14.4 Å². The first kappa shape index (κ1) is 23.8. The van der Waals surface area contributed by atoms with Gasteiger partial charge in [-0.05, 0) is 56.1 Å². The van der Waals surface area contributed by atoms with Gasteiger partial charge in [0.25, 0.3) is 0 Å². The van der Waals surface area contributed by atoms with E-state index in [-0.39, 0.29) is 16.6 Å². The Morgan fingerprint density at radius 3 is 2.25 bits per heavy atom. The van der Waals surface area contributed by atoms with Gasteiger partial charge in [0, 0.05) is 26.2 Å². The second-order valence-corrected chi connectivity index (χ2v) is 7.27. The van der Waals surface area contributed by atoms with Gasteiger partial charge in [-0.2, -0.15) is 0 Å². The number of aromatic nitrogens is 3. The van der Waals surface area contributed by atoms with Crippen LogP contribution in [0.2, 0.25) is 0 Å². The molecule has 0 saturated carbocycles. The number of nitrogens with two attached hydrogens (primary N) is 1. The van der Waals surface area contributed by atoms with E-state index in [1.807, 2.05) is 30.5 Å². The van der Waals surface area contributed by atoms with E-state index in [1.54, 1.807) is 16.8 Å². The number of carbonyl (C=O) groups is 2. The monoisotopic (exact) mass is 530 g/mol. The number of aliphatic hydroxyl groups excluding tert-OH is 1. The van der Waals surface area contributed by atoms with Gasteiger partial charge in [-0.1, -0.05) is 11.6 Å². The molecule has 148 valence electrons. The molecule has 0 aliphatic carbocycles. The van der Waals surface area contributed by atoms with Crippen molar-refractivity contribution in [3.05, 3.63) is 68.8 Å². The number of anilines is 1. The molecule has 0 atom stereocenters. The molecule has 0 unspecified atom stereocenters. The molecule has 0 saturated heterocycles. The number of rotatable bonds is 2. The fourth-order valence-electron chi connectivity index (χ4n) is 1.73. The van der Waals surface area contributed by atoms with Crippen LogP contribution in [0.3, 0.4) is 0 Å². The number of aliphatic hydroxyl groups is 1. The summed E-state index contributed by atoms with van der Waals surface area (Å²) in [6, 6.07) is 7.43. The van der Waals surface area contributed by atoms with Crippen LogP contribution in [-0.2, 0) is 4.79 Å². The quantitative estimate of drug-likeness (QED) is 0.275. The van der Waals surface area contributed by atoms with E-state index < -0.39 is 0 Å². The van der Waals surface area contributed by atoms with Gasteiger partial charge in [-0.25, -0.2) is 9.97 Å². The van der Waals surface area contributed by atoms with Crippen LogP contribution < -0.4 is 5.73 Å². The van der Waals surface area contributed by atoms with Crippen molar-refractivity contribution < 1.29 is 14.7 Å². The fourth-order valence-corrected chi connectivity index (χ4v) is 2.43. The second-order valence-electron chi connectivity index (χ2n) is 5.15. The largest absolute Gasteiger partial charge is 0.514 e. The molecule has 3 aromatic rings. The number of hydrogen-bond acceptors (Lipinski definition) is 6. The highest BCUT2D eigenvalue weighted by atomic mass is 79.9. The second kappa shape index (κ2) is 11.6. The van der Waals surface area contributed by atoms with Crippen molar-refractivity contribution >= 4 is 66.5 Å². The van der Waals surface area contributed by atoms with Crippen molar-refractivity contribution in [2.24, 2.45) is 0 Å². The zero-order valence-corrected chi connectivity index (χ0v) is 18.9. The summed E-state index contributed by atoms with van der Waals surface area (Å²) in [5.41, 5.74) is 6.74. The average Bonchev–Trinajstić information content (AvgIpc) is 3.10. The zero-order chi connectivity index (χ0) is 21.3. The Morgan fingerprint density at radius 1 is 1.18 bits per heavy atom. The summed E-state index contributed by atoms with van der Waals surface area (Å²) >= 11 is 11.6. The molecule has 7 nitrogen and oxygen atoms in total. The Balaban J connectivity index is 0.000000227. The van der Waals surface area contributed by atoms with Crippen LogP contribution >= 0.6 is 43.5 Å². The standard InChI is InChI=1S/C9H7BrN2O.C5H5BrN2.C4H5ClO2/c1-6(13)8-5-11-9-7(10)3-2-4-12(8)9;6-4-2-1-3-8-5(4)7;1-3(7)4(5)2-6/h2-5H,1H3;1-3H,(H2,7,8);2,6H,1H3/b;;4-2+. The lowest BCUT2D eigenvalue weighted by molar-refractivity contribution is -0.113. The molecule has 0 aliphatic rings. The number of imidazole rings is 1. The van der Waals surface area contributed by atoms with E-state index in [4.69, 9.17) is 22.4 Å². The number of nitrogen functional groups attached to an aromatic ring is 1. The molecular formula is C18H17Br2ClN4O3. The van der Waals surface area contributed by atoms with E-state index in [1.165, 1.54) is 13.8 Å². The molecule has 3 heterocycles. The number of pyridine rings is 2. The minimum Gasteiger partial charge on any atom is -0.514 e. The predicted molar refractivity (Wildman–Crippen MR) is 116 cm³/mol. The molecular weight excluding hydrogens is 515 g/mol. The molecule has 0 spiro atoms. The number of carbonyl (C=O) groups excluding carboxylic acids is 2. The van der Waals surface area contributed by atoms with E-state index in [0.717, 1.165) is 14.6 Å². The van der Waals surface area contributed by atoms with Crippen LogP contribution in [0.5, 0.6) is 0 Å². The van der Waals surface area contributed by atoms with Crippen LogP contribution in [0.1, 0.15) is 24.3 Å². The van der Waals surface area contributed by atoms with Gasteiger partial charge in [-0.3, -0.25) is 14.0 Å². The van der Waals surface area contributed by atoms with E-state index >= 15 is 0 Å². The van der Waals surface area contributed by atoms with Gasteiger partial charge in [0.1, 0.15) is 22.8 Å². The normalized spacial score (nSPS) is 10.4. The van der Waals surface area contributed by atoms with Gasteiger partial charge in [0.05, 0.1) is 15.1 Å². The van der Waals surface area contributed by atoms with Gasteiger partial charge in [0.15, 0.2) is 17.2 Å².